The number of amides is 1. The maximum absolute atomic E-state index is 12.4. The van der Waals surface area contributed by atoms with Gasteiger partial charge in [0.1, 0.15) is 5.82 Å². The highest BCUT2D eigenvalue weighted by Crippen LogP contribution is 2.44. The fraction of sp³-hybridized carbons (Fsp3) is 0.765. The molecule has 1 aromatic heterocycles. The Bertz CT molecular complexity index is 538. The van der Waals surface area contributed by atoms with Gasteiger partial charge in [-0.25, -0.2) is 4.98 Å². The third-order valence-electron chi connectivity index (χ3n) is 5.67. The van der Waals surface area contributed by atoms with Gasteiger partial charge in [-0.2, -0.15) is 0 Å². The maximum atomic E-state index is 12.4. The first kappa shape index (κ1) is 15.5. The first-order valence-electron chi connectivity index (χ1n) is 8.48. The quantitative estimate of drug-likeness (QED) is 0.905. The van der Waals surface area contributed by atoms with Gasteiger partial charge in [-0.1, -0.05) is 13.3 Å². The Morgan fingerprint density at radius 2 is 2.27 bits per heavy atom. The normalized spacial score (nSPS) is 28.9. The molecule has 3 rings (SSSR count). The summed E-state index contributed by atoms with van der Waals surface area (Å²) >= 11 is 0. The lowest BCUT2D eigenvalue weighted by molar-refractivity contribution is -0.132. The Kier molecular flexibility index (Phi) is 4.26. The molecule has 2 atom stereocenters. The monoisotopic (exact) mass is 305 g/mol. The van der Waals surface area contributed by atoms with Gasteiger partial charge in [0.25, 0.3) is 0 Å². The van der Waals surface area contributed by atoms with Gasteiger partial charge in [-0.05, 0) is 32.1 Å². The zero-order valence-corrected chi connectivity index (χ0v) is 13.7. The van der Waals surface area contributed by atoms with E-state index in [9.17, 15) is 9.90 Å². The van der Waals surface area contributed by atoms with E-state index in [1.54, 1.807) is 6.20 Å². The van der Waals surface area contributed by atoms with Crippen molar-refractivity contribution in [3.63, 3.8) is 0 Å². The molecule has 1 aliphatic heterocycles. The van der Waals surface area contributed by atoms with Crippen molar-refractivity contribution >= 4 is 5.91 Å². The van der Waals surface area contributed by atoms with Crippen LogP contribution in [0.15, 0.2) is 12.4 Å². The highest BCUT2D eigenvalue weighted by Gasteiger charge is 2.50. The van der Waals surface area contributed by atoms with Crippen molar-refractivity contribution in [2.75, 3.05) is 13.1 Å². The molecule has 2 aliphatic rings. The van der Waals surface area contributed by atoms with Crippen LogP contribution < -0.4 is 0 Å². The average molecular weight is 305 g/mol. The van der Waals surface area contributed by atoms with Crippen LogP contribution in [0.1, 0.15) is 44.9 Å². The molecular weight excluding hydrogens is 278 g/mol. The summed E-state index contributed by atoms with van der Waals surface area (Å²) in [7, 11) is 0. The summed E-state index contributed by atoms with van der Waals surface area (Å²) < 4.78 is 2.07. The summed E-state index contributed by atoms with van der Waals surface area (Å²) in [5, 5.41) is 10.9. The molecule has 22 heavy (non-hydrogen) atoms. The van der Waals surface area contributed by atoms with Gasteiger partial charge >= 0.3 is 0 Å². The second-order valence-electron chi connectivity index (χ2n) is 7.07. The molecule has 0 unspecified atom stereocenters. The molecule has 1 aromatic rings. The smallest absolute Gasteiger partial charge is 0.222 e. The van der Waals surface area contributed by atoms with E-state index < -0.39 is 5.60 Å². The standard InChI is InChI=1S/C17H27N3O2/c1-13-11-20(12-17(13,22)15-5-3-6-15)16(21)7-4-9-19-10-8-18-14(19)2/h8,10,13,15,22H,3-7,9,11-12H2,1-2H3/t13-,17+/m1/s1. The number of carbonyl (C=O) groups excluding carboxylic acids is 1. The van der Waals surface area contributed by atoms with Crippen LogP contribution in [0.2, 0.25) is 0 Å². The summed E-state index contributed by atoms with van der Waals surface area (Å²) in [4.78, 5) is 18.5. The van der Waals surface area contributed by atoms with E-state index in [4.69, 9.17) is 0 Å². The van der Waals surface area contributed by atoms with Crippen LogP contribution in [0.25, 0.3) is 0 Å². The van der Waals surface area contributed by atoms with Gasteiger partial charge in [0, 0.05) is 44.4 Å². The maximum Gasteiger partial charge on any atom is 0.222 e. The summed E-state index contributed by atoms with van der Waals surface area (Å²) in [5.74, 6) is 1.76. The van der Waals surface area contributed by atoms with E-state index in [1.807, 2.05) is 18.0 Å². The van der Waals surface area contributed by atoms with Crippen LogP contribution in [-0.4, -0.2) is 44.2 Å². The van der Waals surface area contributed by atoms with Crippen molar-refractivity contribution < 1.29 is 9.90 Å². The van der Waals surface area contributed by atoms with E-state index in [2.05, 4.69) is 16.5 Å². The van der Waals surface area contributed by atoms with Crippen molar-refractivity contribution in [2.24, 2.45) is 11.8 Å². The summed E-state index contributed by atoms with van der Waals surface area (Å²) in [6, 6.07) is 0. The number of carbonyl (C=O) groups is 1. The Balaban J connectivity index is 1.50. The van der Waals surface area contributed by atoms with Gasteiger partial charge in [-0.3, -0.25) is 4.79 Å². The third kappa shape index (κ3) is 2.78. The zero-order valence-electron chi connectivity index (χ0n) is 13.7. The highest BCUT2D eigenvalue weighted by atomic mass is 16.3. The molecule has 0 radical (unpaired) electrons. The van der Waals surface area contributed by atoms with Gasteiger partial charge in [0.05, 0.1) is 5.60 Å². The topological polar surface area (TPSA) is 58.4 Å². The van der Waals surface area contributed by atoms with Crippen LogP contribution in [0.5, 0.6) is 0 Å². The molecule has 0 bridgehead atoms. The molecule has 2 heterocycles. The Morgan fingerprint density at radius 1 is 1.50 bits per heavy atom. The molecule has 1 amide bonds. The third-order valence-corrected chi connectivity index (χ3v) is 5.67. The fourth-order valence-electron chi connectivity index (χ4n) is 3.84. The lowest BCUT2D eigenvalue weighted by Gasteiger charge is -2.41. The summed E-state index contributed by atoms with van der Waals surface area (Å²) in [6.45, 7) is 6.12. The number of nitrogens with zero attached hydrogens (tertiary/aromatic N) is 3. The Hall–Kier alpha value is -1.36. The molecule has 1 N–H and O–H groups in total. The molecule has 5 nitrogen and oxygen atoms in total. The lowest BCUT2D eigenvalue weighted by Crippen LogP contribution is -2.48. The van der Waals surface area contributed by atoms with Gasteiger partial charge < -0.3 is 14.6 Å². The van der Waals surface area contributed by atoms with Crippen molar-refractivity contribution in [3.05, 3.63) is 18.2 Å². The number of hydrogen-bond donors (Lipinski definition) is 1. The number of aryl methyl sites for hydroxylation is 2. The lowest BCUT2D eigenvalue weighted by atomic mass is 9.69. The van der Waals surface area contributed by atoms with E-state index in [0.29, 0.717) is 25.4 Å². The van der Waals surface area contributed by atoms with Gasteiger partial charge in [0.2, 0.25) is 5.91 Å². The van der Waals surface area contributed by atoms with Crippen molar-refractivity contribution in [1.82, 2.24) is 14.5 Å². The van der Waals surface area contributed by atoms with Crippen molar-refractivity contribution in [1.29, 1.82) is 0 Å². The van der Waals surface area contributed by atoms with Crippen LogP contribution >= 0.6 is 0 Å². The number of aromatic nitrogens is 2. The van der Waals surface area contributed by atoms with Gasteiger partial charge in [0.15, 0.2) is 0 Å². The molecule has 1 saturated carbocycles. The number of imidazole rings is 1. The molecule has 0 spiro atoms. The first-order chi connectivity index (χ1) is 10.5. The molecular formula is C17H27N3O2. The Labute approximate surface area is 132 Å². The predicted molar refractivity (Wildman–Crippen MR) is 84.2 cm³/mol. The average Bonchev–Trinajstić information content (AvgIpc) is 2.93. The van der Waals surface area contributed by atoms with Crippen LogP contribution in [0.3, 0.4) is 0 Å². The minimum Gasteiger partial charge on any atom is -0.387 e. The number of β-amino-alcohol motifs (C(OH)–C–C–N with tert-alkyl or cyclic N) is 1. The predicted octanol–water partition coefficient (Wildman–Crippen LogP) is 1.98. The van der Waals surface area contributed by atoms with E-state index in [1.165, 1.54) is 6.42 Å². The summed E-state index contributed by atoms with van der Waals surface area (Å²) in [6.07, 6.45) is 8.56. The molecule has 5 heteroatoms. The second kappa shape index (κ2) is 6.03. The minimum atomic E-state index is -0.644. The van der Waals surface area contributed by atoms with Crippen molar-refractivity contribution in [3.8, 4) is 0 Å². The SMILES string of the molecule is Cc1nccn1CCCC(=O)N1C[C@@H](C)[C@](O)(C2CCC2)C1. The number of hydrogen-bond acceptors (Lipinski definition) is 3. The van der Waals surface area contributed by atoms with E-state index in [-0.39, 0.29) is 11.8 Å². The van der Waals surface area contributed by atoms with Gasteiger partial charge in [-0.15, -0.1) is 0 Å². The molecule has 1 saturated heterocycles. The zero-order chi connectivity index (χ0) is 15.7. The van der Waals surface area contributed by atoms with Crippen LogP contribution in [-0.2, 0) is 11.3 Å². The van der Waals surface area contributed by atoms with Crippen molar-refractivity contribution in [2.45, 2.75) is 58.1 Å². The largest absolute Gasteiger partial charge is 0.387 e. The minimum absolute atomic E-state index is 0.180. The van der Waals surface area contributed by atoms with E-state index in [0.717, 1.165) is 31.6 Å². The first-order valence-corrected chi connectivity index (χ1v) is 8.48. The molecule has 1 aliphatic carbocycles. The second-order valence-corrected chi connectivity index (χ2v) is 7.07. The molecule has 0 aromatic carbocycles. The number of aliphatic hydroxyl groups is 1. The highest BCUT2D eigenvalue weighted by molar-refractivity contribution is 5.76. The van der Waals surface area contributed by atoms with Crippen LogP contribution in [0, 0.1) is 18.8 Å². The number of rotatable bonds is 5. The molecule has 122 valence electrons. The molecule has 2 fully saturated rings. The fourth-order valence-corrected chi connectivity index (χ4v) is 3.84. The summed E-state index contributed by atoms with van der Waals surface area (Å²) in [5.41, 5.74) is -0.644. The van der Waals surface area contributed by atoms with Crippen LogP contribution in [0.4, 0.5) is 0 Å². The number of likely N-dealkylation sites (tertiary alicyclic amines) is 1. The van der Waals surface area contributed by atoms with E-state index >= 15 is 0 Å². The Morgan fingerprint density at radius 3 is 2.86 bits per heavy atom.